The van der Waals surface area contributed by atoms with Crippen LogP contribution in [-0.4, -0.2) is 5.25 Å². The highest BCUT2D eigenvalue weighted by Crippen LogP contribution is 2.60. The molecular formula is C15H22S. The molecule has 88 valence electrons. The number of hydrogen-bond acceptors (Lipinski definition) is 1. The van der Waals surface area contributed by atoms with E-state index < -0.39 is 0 Å². The van der Waals surface area contributed by atoms with Crippen LogP contribution in [0.1, 0.15) is 40.0 Å². The van der Waals surface area contributed by atoms with Gasteiger partial charge in [-0.25, -0.2) is 0 Å². The van der Waals surface area contributed by atoms with Crippen molar-refractivity contribution in [2.45, 2.75) is 45.3 Å². The molecule has 0 aromatic heterocycles. The average molecular weight is 234 g/mol. The SMILES string of the molecule is CCC1C(C)C2C3=C(C=CCC3)S[C@@H]2C1C. The van der Waals surface area contributed by atoms with E-state index in [1.807, 2.05) is 5.57 Å². The molecular weight excluding hydrogens is 212 g/mol. The summed E-state index contributed by atoms with van der Waals surface area (Å²) >= 11 is 2.19. The molecule has 0 nitrogen and oxygen atoms in total. The zero-order valence-corrected chi connectivity index (χ0v) is 11.4. The average Bonchev–Trinajstić information content (AvgIpc) is 2.77. The molecule has 0 N–H and O–H groups in total. The summed E-state index contributed by atoms with van der Waals surface area (Å²) in [5, 5.41) is 0.896. The Hall–Kier alpha value is -0.170. The summed E-state index contributed by atoms with van der Waals surface area (Å²) in [6.07, 6.45) is 8.74. The molecule has 1 heteroatoms. The lowest BCUT2D eigenvalue weighted by Crippen LogP contribution is -2.15. The van der Waals surface area contributed by atoms with Crippen LogP contribution in [-0.2, 0) is 0 Å². The Morgan fingerprint density at radius 1 is 1.31 bits per heavy atom. The van der Waals surface area contributed by atoms with E-state index in [9.17, 15) is 0 Å². The van der Waals surface area contributed by atoms with Crippen molar-refractivity contribution in [1.82, 2.24) is 0 Å². The minimum atomic E-state index is 0.896. The number of allylic oxidation sites excluding steroid dienone is 3. The van der Waals surface area contributed by atoms with E-state index in [0.29, 0.717) is 0 Å². The minimum Gasteiger partial charge on any atom is -0.122 e. The first-order chi connectivity index (χ1) is 7.74. The van der Waals surface area contributed by atoms with Gasteiger partial charge in [0.1, 0.15) is 0 Å². The molecule has 0 bridgehead atoms. The van der Waals surface area contributed by atoms with E-state index in [-0.39, 0.29) is 0 Å². The fraction of sp³-hybridized carbons (Fsp3) is 0.733. The van der Waals surface area contributed by atoms with E-state index in [0.717, 1.165) is 28.9 Å². The highest BCUT2D eigenvalue weighted by atomic mass is 32.2. The molecule has 0 radical (unpaired) electrons. The first-order valence-electron chi connectivity index (χ1n) is 6.80. The van der Waals surface area contributed by atoms with E-state index in [2.05, 4.69) is 44.7 Å². The molecule has 0 spiro atoms. The molecule has 16 heavy (non-hydrogen) atoms. The van der Waals surface area contributed by atoms with Crippen molar-refractivity contribution in [3.63, 3.8) is 0 Å². The summed E-state index contributed by atoms with van der Waals surface area (Å²) < 4.78 is 0. The number of hydrogen-bond donors (Lipinski definition) is 0. The Morgan fingerprint density at radius 2 is 2.12 bits per heavy atom. The van der Waals surface area contributed by atoms with Gasteiger partial charge in [0, 0.05) is 10.2 Å². The fourth-order valence-corrected chi connectivity index (χ4v) is 6.14. The molecule has 0 aromatic carbocycles. The van der Waals surface area contributed by atoms with Crippen LogP contribution in [0.15, 0.2) is 22.6 Å². The van der Waals surface area contributed by atoms with Crippen LogP contribution in [0.4, 0.5) is 0 Å². The summed E-state index contributed by atoms with van der Waals surface area (Å²) in [5.74, 6) is 3.69. The monoisotopic (exact) mass is 234 g/mol. The lowest BCUT2D eigenvalue weighted by molar-refractivity contribution is 0.317. The van der Waals surface area contributed by atoms with Gasteiger partial charge >= 0.3 is 0 Å². The smallest absolute Gasteiger partial charge is 0.0191 e. The van der Waals surface area contributed by atoms with E-state index in [1.54, 1.807) is 4.91 Å². The van der Waals surface area contributed by atoms with Crippen molar-refractivity contribution in [2.24, 2.45) is 23.7 Å². The quantitative estimate of drug-likeness (QED) is 0.637. The second-order valence-electron chi connectivity index (χ2n) is 5.73. The zero-order valence-electron chi connectivity index (χ0n) is 10.6. The van der Waals surface area contributed by atoms with Crippen LogP contribution < -0.4 is 0 Å². The van der Waals surface area contributed by atoms with Crippen LogP contribution in [0.25, 0.3) is 0 Å². The Morgan fingerprint density at radius 3 is 2.88 bits per heavy atom. The number of thioether (sulfide) groups is 1. The number of fused-ring (bicyclic) bond motifs is 2. The Labute approximate surface area is 104 Å². The van der Waals surface area contributed by atoms with Gasteiger partial charge in [0.2, 0.25) is 0 Å². The third-order valence-corrected chi connectivity index (χ3v) is 6.74. The van der Waals surface area contributed by atoms with Gasteiger partial charge in [-0.1, -0.05) is 44.9 Å². The second-order valence-corrected chi connectivity index (χ2v) is 6.95. The second kappa shape index (κ2) is 3.94. The normalized spacial score (nSPS) is 46.1. The van der Waals surface area contributed by atoms with Gasteiger partial charge in [-0.05, 0) is 36.5 Å². The van der Waals surface area contributed by atoms with Crippen molar-refractivity contribution in [2.75, 3.05) is 0 Å². The van der Waals surface area contributed by atoms with Gasteiger partial charge in [0.15, 0.2) is 0 Å². The minimum absolute atomic E-state index is 0.896. The molecule has 5 atom stereocenters. The van der Waals surface area contributed by atoms with Crippen molar-refractivity contribution < 1.29 is 0 Å². The Kier molecular flexibility index (Phi) is 2.70. The molecule has 2 aliphatic carbocycles. The van der Waals surface area contributed by atoms with Gasteiger partial charge in [-0.15, -0.1) is 11.8 Å². The predicted octanol–water partition coefficient (Wildman–Crippen LogP) is 4.63. The highest BCUT2D eigenvalue weighted by molar-refractivity contribution is 8.04. The molecule has 3 rings (SSSR count). The molecule has 1 saturated carbocycles. The van der Waals surface area contributed by atoms with E-state index in [4.69, 9.17) is 0 Å². The van der Waals surface area contributed by atoms with Gasteiger partial charge in [0.05, 0.1) is 0 Å². The summed E-state index contributed by atoms with van der Waals surface area (Å²) in [6.45, 7) is 7.37. The van der Waals surface area contributed by atoms with Crippen LogP contribution in [0.3, 0.4) is 0 Å². The third-order valence-electron chi connectivity index (χ3n) is 5.09. The lowest BCUT2D eigenvalue weighted by Gasteiger charge is -2.23. The summed E-state index contributed by atoms with van der Waals surface area (Å²) in [4.78, 5) is 1.63. The van der Waals surface area contributed by atoms with Crippen molar-refractivity contribution >= 4 is 11.8 Å². The Bertz CT molecular complexity index is 352. The molecule has 1 heterocycles. The molecule has 1 aliphatic heterocycles. The van der Waals surface area contributed by atoms with Crippen molar-refractivity contribution in [3.8, 4) is 0 Å². The largest absolute Gasteiger partial charge is 0.122 e. The summed E-state index contributed by atoms with van der Waals surface area (Å²) in [5.41, 5.74) is 1.81. The third kappa shape index (κ3) is 1.37. The van der Waals surface area contributed by atoms with Gasteiger partial charge in [-0.2, -0.15) is 0 Å². The van der Waals surface area contributed by atoms with E-state index >= 15 is 0 Å². The van der Waals surface area contributed by atoms with Gasteiger partial charge in [-0.3, -0.25) is 0 Å². The maximum atomic E-state index is 2.50. The van der Waals surface area contributed by atoms with Gasteiger partial charge in [0.25, 0.3) is 0 Å². The topological polar surface area (TPSA) is 0 Å². The zero-order chi connectivity index (χ0) is 11.3. The Balaban J connectivity index is 1.94. The first-order valence-corrected chi connectivity index (χ1v) is 7.68. The number of rotatable bonds is 1. The van der Waals surface area contributed by atoms with Gasteiger partial charge < -0.3 is 0 Å². The standard InChI is InChI=1S/C15H22S/c1-4-11-9(2)14-12-7-5-6-8-13(12)16-15(14)10(11)3/h6,8-11,14-15H,4-5,7H2,1-3H3/t9?,10?,11?,14?,15-/m1/s1. The fourth-order valence-electron chi connectivity index (χ4n) is 4.31. The predicted molar refractivity (Wildman–Crippen MR) is 72.4 cm³/mol. The molecule has 0 amide bonds. The first kappa shape index (κ1) is 11.0. The van der Waals surface area contributed by atoms with Crippen LogP contribution in [0.5, 0.6) is 0 Å². The molecule has 0 saturated heterocycles. The summed E-state index contributed by atoms with van der Waals surface area (Å²) in [6, 6.07) is 0. The van der Waals surface area contributed by atoms with Crippen LogP contribution in [0.2, 0.25) is 0 Å². The maximum Gasteiger partial charge on any atom is 0.0191 e. The maximum absolute atomic E-state index is 2.50. The van der Waals surface area contributed by atoms with Crippen LogP contribution in [0, 0.1) is 23.7 Å². The molecule has 3 aliphatic rings. The van der Waals surface area contributed by atoms with Crippen molar-refractivity contribution in [3.05, 3.63) is 22.6 Å². The molecule has 1 fully saturated rings. The molecule has 0 aromatic rings. The van der Waals surface area contributed by atoms with Crippen molar-refractivity contribution in [1.29, 1.82) is 0 Å². The highest BCUT2D eigenvalue weighted by Gasteiger charge is 2.50. The van der Waals surface area contributed by atoms with Crippen LogP contribution >= 0.6 is 11.8 Å². The lowest BCUT2D eigenvalue weighted by atomic mass is 9.82. The van der Waals surface area contributed by atoms with E-state index in [1.165, 1.54) is 19.3 Å². The molecule has 4 unspecified atom stereocenters. The summed E-state index contributed by atoms with van der Waals surface area (Å²) in [7, 11) is 0.